The molecule has 0 unspecified atom stereocenters. The Morgan fingerprint density at radius 1 is 1.40 bits per heavy atom. The molecule has 1 amide bonds. The number of nitrogens with zero attached hydrogens (tertiary/aromatic N) is 2. The molecule has 0 fully saturated rings. The summed E-state index contributed by atoms with van der Waals surface area (Å²) in [5.74, 6) is 0.903. The minimum atomic E-state index is -0.0805. The summed E-state index contributed by atoms with van der Waals surface area (Å²) in [6, 6.07) is 5.64. The third-order valence-corrected chi connectivity index (χ3v) is 3.31. The number of imidazole rings is 1. The maximum Gasteiger partial charge on any atom is 0.251 e. The van der Waals surface area contributed by atoms with Crippen LogP contribution in [0, 0.1) is 6.92 Å². The smallest absolute Gasteiger partial charge is 0.251 e. The number of hydrogen-bond acceptors (Lipinski definition) is 3. The van der Waals surface area contributed by atoms with Crippen molar-refractivity contribution in [2.45, 2.75) is 26.9 Å². The maximum absolute atomic E-state index is 11.7. The molecule has 2 N–H and O–H groups in total. The van der Waals surface area contributed by atoms with E-state index >= 15 is 0 Å². The molecule has 0 saturated heterocycles. The van der Waals surface area contributed by atoms with Crippen LogP contribution < -0.4 is 10.6 Å². The molecule has 0 atom stereocenters. The number of aryl methyl sites for hydroxylation is 2. The average molecular weight is 272 g/mol. The Balaban J connectivity index is 2.14. The van der Waals surface area contributed by atoms with Crippen LogP contribution in [0.25, 0.3) is 0 Å². The van der Waals surface area contributed by atoms with E-state index in [9.17, 15) is 4.79 Å². The summed E-state index contributed by atoms with van der Waals surface area (Å²) in [5, 5.41) is 5.98. The summed E-state index contributed by atoms with van der Waals surface area (Å²) >= 11 is 0. The molecule has 2 aromatic rings. The van der Waals surface area contributed by atoms with Gasteiger partial charge in [0.2, 0.25) is 0 Å². The van der Waals surface area contributed by atoms with E-state index in [4.69, 9.17) is 0 Å². The van der Waals surface area contributed by atoms with Crippen LogP contribution >= 0.6 is 0 Å². The number of carbonyl (C=O) groups excluding carboxylic acids is 1. The van der Waals surface area contributed by atoms with Gasteiger partial charge in [-0.2, -0.15) is 0 Å². The van der Waals surface area contributed by atoms with Gasteiger partial charge in [0.25, 0.3) is 5.91 Å². The highest BCUT2D eigenvalue weighted by Gasteiger charge is 2.07. The molecule has 106 valence electrons. The largest absolute Gasteiger partial charge is 0.378 e. The van der Waals surface area contributed by atoms with Crippen molar-refractivity contribution in [1.82, 2.24) is 14.9 Å². The fourth-order valence-electron chi connectivity index (χ4n) is 2.07. The first-order valence-corrected chi connectivity index (χ1v) is 6.72. The highest BCUT2D eigenvalue weighted by atomic mass is 16.1. The predicted octanol–water partition coefficient (Wildman–Crippen LogP) is 2.18. The quantitative estimate of drug-likeness (QED) is 0.877. The van der Waals surface area contributed by atoms with Crippen LogP contribution in [-0.4, -0.2) is 22.5 Å². The monoisotopic (exact) mass is 272 g/mol. The summed E-state index contributed by atoms with van der Waals surface area (Å²) < 4.78 is 2.09. The SMILES string of the molecule is CCn1ccnc1CNc1cc(C(=O)NC)ccc1C. The molecule has 0 aliphatic carbocycles. The van der Waals surface area contributed by atoms with Gasteiger partial charge in [0.15, 0.2) is 0 Å². The van der Waals surface area contributed by atoms with Gasteiger partial charge in [-0.25, -0.2) is 4.98 Å². The summed E-state index contributed by atoms with van der Waals surface area (Å²) in [7, 11) is 1.63. The van der Waals surface area contributed by atoms with E-state index in [-0.39, 0.29) is 5.91 Å². The molecular formula is C15H20N4O. The van der Waals surface area contributed by atoms with E-state index in [2.05, 4.69) is 27.1 Å². The van der Waals surface area contributed by atoms with Crippen LogP contribution in [0.5, 0.6) is 0 Å². The molecule has 0 radical (unpaired) electrons. The van der Waals surface area contributed by atoms with Crippen molar-refractivity contribution in [3.63, 3.8) is 0 Å². The Bertz CT molecular complexity index is 604. The number of benzene rings is 1. The third-order valence-electron chi connectivity index (χ3n) is 3.31. The van der Waals surface area contributed by atoms with E-state index in [0.29, 0.717) is 12.1 Å². The third kappa shape index (κ3) is 2.99. The molecule has 1 aromatic heterocycles. The zero-order valence-corrected chi connectivity index (χ0v) is 12.1. The first kappa shape index (κ1) is 14.1. The minimum absolute atomic E-state index is 0.0805. The molecule has 0 saturated carbocycles. The van der Waals surface area contributed by atoms with E-state index in [1.54, 1.807) is 13.2 Å². The second-order valence-corrected chi connectivity index (χ2v) is 4.59. The van der Waals surface area contributed by atoms with Crippen molar-refractivity contribution in [1.29, 1.82) is 0 Å². The molecule has 0 aliphatic rings. The van der Waals surface area contributed by atoms with Gasteiger partial charge in [0, 0.05) is 37.2 Å². The van der Waals surface area contributed by atoms with Crippen LogP contribution in [-0.2, 0) is 13.1 Å². The second-order valence-electron chi connectivity index (χ2n) is 4.59. The zero-order chi connectivity index (χ0) is 14.5. The lowest BCUT2D eigenvalue weighted by molar-refractivity contribution is 0.0963. The molecule has 20 heavy (non-hydrogen) atoms. The van der Waals surface area contributed by atoms with Crippen LogP contribution in [0.1, 0.15) is 28.7 Å². The number of nitrogens with one attached hydrogen (secondary N) is 2. The fourth-order valence-corrected chi connectivity index (χ4v) is 2.07. The Labute approximate surface area is 119 Å². The first-order valence-electron chi connectivity index (χ1n) is 6.72. The van der Waals surface area contributed by atoms with Gasteiger partial charge in [0.1, 0.15) is 5.82 Å². The normalized spacial score (nSPS) is 10.3. The van der Waals surface area contributed by atoms with Crippen LogP contribution in [0.3, 0.4) is 0 Å². The van der Waals surface area contributed by atoms with Gasteiger partial charge < -0.3 is 15.2 Å². The fraction of sp³-hybridized carbons (Fsp3) is 0.333. The first-order chi connectivity index (χ1) is 9.65. The molecular weight excluding hydrogens is 252 g/mol. The maximum atomic E-state index is 11.7. The van der Waals surface area contributed by atoms with Crippen molar-refractivity contribution in [2.24, 2.45) is 0 Å². The summed E-state index contributed by atoms with van der Waals surface area (Å²) in [6.07, 6.45) is 3.76. The average Bonchev–Trinajstić information content (AvgIpc) is 2.93. The van der Waals surface area contributed by atoms with Crippen molar-refractivity contribution in [3.8, 4) is 0 Å². The highest BCUT2D eigenvalue weighted by molar-refractivity contribution is 5.95. The van der Waals surface area contributed by atoms with E-state index in [1.807, 2.05) is 31.3 Å². The van der Waals surface area contributed by atoms with Gasteiger partial charge in [-0.05, 0) is 31.5 Å². The predicted molar refractivity (Wildman–Crippen MR) is 79.8 cm³/mol. The lowest BCUT2D eigenvalue weighted by Gasteiger charge is -2.12. The topological polar surface area (TPSA) is 59.0 Å². The number of hydrogen-bond donors (Lipinski definition) is 2. The Hall–Kier alpha value is -2.30. The number of rotatable bonds is 5. The van der Waals surface area contributed by atoms with Crippen LogP contribution in [0.15, 0.2) is 30.6 Å². The standard InChI is InChI=1S/C15H20N4O/c1-4-19-8-7-17-14(19)10-18-13-9-12(15(20)16-3)6-5-11(13)2/h5-9,18H,4,10H2,1-3H3,(H,16,20). The van der Waals surface area contributed by atoms with Gasteiger partial charge in [-0.1, -0.05) is 6.07 Å². The molecule has 1 heterocycles. The summed E-state index contributed by atoms with van der Waals surface area (Å²) in [6.45, 7) is 5.64. The van der Waals surface area contributed by atoms with E-state index < -0.39 is 0 Å². The molecule has 0 aliphatic heterocycles. The molecule has 0 spiro atoms. The van der Waals surface area contributed by atoms with Gasteiger partial charge in [-0.3, -0.25) is 4.79 Å². The van der Waals surface area contributed by atoms with E-state index in [1.165, 1.54) is 0 Å². The molecule has 5 heteroatoms. The zero-order valence-electron chi connectivity index (χ0n) is 12.1. The number of aromatic nitrogens is 2. The van der Waals surface area contributed by atoms with Crippen molar-refractivity contribution >= 4 is 11.6 Å². The van der Waals surface area contributed by atoms with Crippen LogP contribution in [0.4, 0.5) is 5.69 Å². The molecule has 2 rings (SSSR count). The van der Waals surface area contributed by atoms with Gasteiger partial charge in [0.05, 0.1) is 6.54 Å². The Morgan fingerprint density at radius 2 is 2.20 bits per heavy atom. The number of carbonyl (C=O) groups is 1. The number of anilines is 1. The van der Waals surface area contributed by atoms with Crippen molar-refractivity contribution < 1.29 is 4.79 Å². The minimum Gasteiger partial charge on any atom is -0.378 e. The summed E-state index contributed by atoms with van der Waals surface area (Å²) in [4.78, 5) is 16.0. The lowest BCUT2D eigenvalue weighted by atomic mass is 10.1. The number of amides is 1. The van der Waals surface area contributed by atoms with E-state index in [0.717, 1.165) is 23.6 Å². The Morgan fingerprint density at radius 3 is 2.90 bits per heavy atom. The highest BCUT2D eigenvalue weighted by Crippen LogP contribution is 2.17. The Kier molecular flexibility index (Phi) is 4.40. The molecule has 0 bridgehead atoms. The second kappa shape index (κ2) is 6.23. The van der Waals surface area contributed by atoms with Gasteiger partial charge in [-0.15, -0.1) is 0 Å². The van der Waals surface area contributed by atoms with Crippen molar-refractivity contribution in [2.75, 3.05) is 12.4 Å². The lowest BCUT2D eigenvalue weighted by Crippen LogP contribution is -2.18. The van der Waals surface area contributed by atoms with Gasteiger partial charge >= 0.3 is 0 Å². The summed E-state index contributed by atoms with van der Waals surface area (Å²) in [5.41, 5.74) is 2.71. The van der Waals surface area contributed by atoms with Crippen LogP contribution in [0.2, 0.25) is 0 Å². The van der Waals surface area contributed by atoms with Crippen molar-refractivity contribution in [3.05, 3.63) is 47.5 Å². The molecule has 5 nitrogen and oxygen atoms in total. The molecule has 1 aromatic carbocycles.